The first kappa shape index (κ1) is 41.8. The SMILES string of the molecule is CC(/C=C(/C)[N-]c1c(C(C)C)cccc1C(C)C)=Nc1c(C(C)C)cccc1C(C)C.[S-]c1ccccn1.[S-]c1ccccn1.[Sm+3]. The van der Waals surface area contributed by atoms with Gasteiger partial charge >= 0.3 is 40.4 Å². The molecule has 4 nitrogen and oxygen atoms in total. The van der Waals surface area contributed by atoms with Crippen LogP contribution in [-0.4, -0.2) is 15.7 Å². The standard InChI is InChI=1S/C29H41N2.2C5H5NS.Sm/c1-18(2)24-13-11-14-25(19(3)4)28(24)30-22(9)17-23(10)31-29-26(20(5)6)15-12-16-27(29)21(7)8;2*7-5-3-1-2-4-6-5;/h11-21H,1-10H3;2*1-4H,(H,6,7);/q-1;;;+3/p-2/b22-17-,31-23?;;;. The van der Waals surface area contributed by atoms with Crippen molar-refractivity contribution in [1.29, 1.82) is 0 Å². The van der Waals surface area contributed by atoms with Gasteiger partial charge in [-0.05, 0) is 53.9 Å². The molecule has 0 saturated carbocycles. The molecule has 2 aromatic carbocycles. The molecule has 4 rings (SSSR count). The maximum absolute atomic E-state index is 5.08. The van der Waals surface area contributed by atoms with Crippen LogP contribution in [0.2, 0.25) is 0 Å². The number of nitrogens with zero attached hydrogens (tertiary/aromatic N) is 4. The molecule has 0 N–H and O–H groups in total. The first-order chi connectivity index (χ1) is 21.3. The normalized spacial score (nSPS) is 11.4. The number of para-hydroxylation sites is 2. The number of pyridine rings is 2. The Balaban J connectivity index is 0.000000573. The van der Waals surface area contributed by atoms with E-state index in [4.69, 9.17) is 35.6 Å². The Labute approximate surface area is 322 Å². The predicted octanol–water partition coefficient (Wildman–Crippen LogP) is 11.9. The van der Waals surface area contributed by atoms with Gasteiger partial charge in [-0.1, -0.05) is 150 Å². The van der Waals surface area contributed by atoms with Gasteiger partial charge in [0.15, 0.2) is 0 Å². The molecular formula is C39H49N4S2Sm. The molecule has 7 heteroatoms. The summed E-state index contributed by atoms with van der Waals surface area (Å²) in [5, 5.41) is 6.39. The Bertz CT molecular complexity index is 1430. The maximum Gasteiger partial charge on any atom is 3.00 e. The van der Waals surface area contributed by atoms with E-state index < -0.39 is 0 Å². The number of rotatable bonds is 8. The number of hydrogen-bond acceptors (Lipinski definition) is 5. The summed E-state index contributed by atoms with van der Waals surface area (Å²) in [6, 6.07) is 24.1. The molecule has 2 aromatic heterocycles. The van der Waals surface area contributed by atoms with Gasteiger partial charge in [0.05, 0.1) is 5.69 Å². The molecule has 0 amide bonds. The van der Waals surface area contributed by atoms with Gasteiger partial charge in [0, 0.05) is 18.1 Å². The van der Waals surface area contributed by atoms with Crippen LogP contribution < -0.4 is 0 Å². The van der Waals surface area contributed by atoms with Crippen LogP contribution in [0.1, 0.15) is 115 Å². The van der Waals surface area contributed by atoms with Gasteiger partial charge in [0.2, 0.25) is 0 Å². The van der Waals surface area contributed by atoms with Crippen molar-refractivity contribution in [2.45, 2.75) is 103 Å². The summed E-state index contributed by atoms with van der Waals surface area (Å²) < 4.78 is 0. The molecule has 0 fully saturated rings. The zero-order valence-electron chi connectivity index (χ0n) is 29.0. The van der Waals surface area contributed by atoms with Gasteiger partial charge in [0.1, 0.15) is 0 Å². The van der Waals surface area contributed by atoms with Crippen LogP contribution in [0, 0.1) is 40.4 Å². The molecule has 4 aromatic rings. The van der Waals surface area contributed by atoms with Crippen molar-refractivity contribution in [3.8, 4) is 0 Å². The molecule has 46 heavy (non-hydrogen) atoms. The Morgan fingerprint density at radius 1 is 0.609 bits per heavy atom. The molecule has 0 aliphatic rings. The second-order valence-electron chi connectivity index (χ2n) is 12.2. The van der Waals surface area contributed by atoms with Crippen molar-refractivity contribution in [2.75, 3.05) is 0 Å². The van der Waals surface area contributed by atoms with Gasteiger partial charge in [-0.2, -0.15) is 5.70 Å². The van der Waals surface area contributed by atoms with Crippen molar-refractivity contribution in [2.24, 2.45) is 4.99 Å². The monoisotopic (exact) mass is 789 g/mol. The van der Waals surface area contributed by atoms with Crippen molar-refractivity contribution in [1.82, 2.24) is 9.97 Å². The number of benzene rings is 2. The Morgan fingerprint density at radius 3 is 1.30 bits per heavy atom. The maximum atomic E-state index is 5.08. The second kappa shape index (κ2) is 21.6. The van der Waals surface area contributed by atoms with Crippen molar-refractivity contribution in [3.05, 3.63) is 125 Å². The van der Waals surface area contributed by atoms with Crippen molar-refractivity contribution >= 4 is 42.3 Å². The topological polar surface area (TPSA) is 52.2 Å². The smallest absolute Gasteiger partial charge is 0.760 e. The summed E-state index contributed by atoms with van der Waals surface area (Å²) in [6.07, 6.45) is 5.48. The average Bonchev–Trinajstić information content (AvgIpc) is 2.98. The summed E-state index contributed by atoms with van der Waals surface area (Å²) >= 11 is 9.40. The second-order valence-corrected chi connectivity index (χ2v) is 13.0. The van der Waals surface area contributed by atoms with Gasteiger partial charge in [-0.3, -0.25) is 15.0 Å². The van der Waals surface area contributed by atoms with Crippen LogP contribution in [0.3, 0.4) is 0 Å². The number of aromatic nitrogens is 2. The summed E-state index contributed by atoms with van der Waals surface area (Å²) in [6.45, 7) is 22.1. The zero-order valence-corrected chi connectivity index (χ0v) is 33.2. The Morgan fingerprint density at radius 2 is 1.00 bits per heavy atom. The molecule has 0 bridgehead atoms. The van der Waals surface area contributed by atoms with Gasteiger partial charge in [-0.25, -0.2) is 0 Å². The third kappa shape index (κ3) is 14.2. The molecular weight excluding hydrogens is 739 g/mol. The first-order valence-corrected chi connectivity index (χ1v) is 16.5. The Hall–Kier alpha value is -2.27. The van der Waals surface area contributed by atoms with Gasteiger partial charge in [0.25, 0.3) is 0 Å². The predicted molar refractivity (Wildman–Crippen MR) is 199 cm³/mol. The van der Waals surface area contributed by atoms with Crippen LogP contribution in [0.4, 0.5) is 11.4 Å². The molecule has 0 aliphatic heterocycles. The van der Waals surface area contributed by atoms with E-state index in [1.807, 2.05) is 24.3 Å². The van der Waals surface area contributed by atoms with Crippen molar-refractivity contribution < 1.29 is 40.4 Å². The fraction of sp³-hybridized carbons (Fsp3) is 0.359. The van der Waals surface area contributed by atoms with E-state index in [2.05, 4.69) is 122 Å². The minimum atomic E-state index is 0. The number of hydrogen-bond donors (Lipinski definition) is 0. The molecule has 0 atom stereocenters. The summed E-state index contributed by atoms with van der Waals surface area (Å²) in [5.74, 6) is 1.75. The largest absolute Gasteiger partial charge is 3.00 e. The van der Waals surface area contributed by atoms with E-state index in [-0.39, 0.29) is 40.4 Å². The Kier molecular flexibility index (Phi) is 19.6. The summed E-state index contributed by atoms with van der Waals surface area (Å²) in [7, 11) is 0. The molecule has 0 spiro atoms. The zero-order chi connectivity index (χ0) is 33.5. The van der Waals surface area contributed by atoms with E-state index in [9.17, 15) is 0 Å². The molecule has 2 heterocycles. The average molecular weight is 788 g/mol. The first-order valence-electron chi connectivity index (χ1n) is 15.7. The molecule has 0 saturated heterocycles. The third-order valence-corrected chi connectivity index (χ3v) is 7.44. The number of allylic oxidation sites excluding steroid dienone is 2. The molecule has 0 aliphatic carbocycles. The van der Waals surface area contributed by atoms with Crippen LogP contribution >= 0.6 is 0 Å². The van der Waals surface area contributed by atoms with E-state index in [1.165, 1.54) is 22.3 Å². The van der Waals surface area contributed by atoms with E-state index in [0.717, 1.165) is 22.8 Å². The molecule has 0 unspecified atom stereocenters. The van der Waals surface area contributed by atoms with Crippen molar-refractivity contribution in [3.63, 3.8) is 0 Å². The summed E-state index contributed by atoms with van der Waals surface area (Å²) in [5.41, 5.74) is 9.45. The van der Waals surface area contributed by atoms with Crippen LogP contribution in [0.5, 0.6) is 0 Å². The van der Waals surface area contributed by atoms with E-state index in [0.29, 0.717) is 33.7 Å². The van der Waals surface area contributed by atoms with E-state index >= 15 is 0 Å². The van der Waals surface area contributed by atoms with E-state index in [1.54, 1.807) is 24.5 Å². The minimum absolute atomic E-state index is 0. The quantitative estimate of drug-likeness (QED) is 0.132. The fourth-order valence-electron chi connectivity index (χ4n) is 4.70. The number of aliphatic imine (C=N–C) groups is 1. The van der Waals surface area contributed by atoms with Crippen LogP contribution in [-0.2, 0) is 25.3 Å². The fourth-order valence-corrected chi connectivity index (χ4v) is 4.97. The summed E-state index contributed by atoms with van der Waals surface area (Å²) in [4.78, 5) is 12.7. The third-order valence-electron chi connectivity index (χ3n) is 6.95. The minimum Gasteiger partial charge on any atom is -0.760 e. The van der Waals surface area contributed by atoms with Gasteiger partial charge in [-0.15, -0.1) is 5.69 Å². The molecule has 243 valence electrons. The van der Waals surface area contributed by atoms with Crippen LogP contribution in [0.25, 0.3) is 5.32 Å². The molecule has 1 radical (unpaired) electrons. The van der Waals surface area contributed by atoms with Crippen LogP contribution in [0.15, 0.2) is 112 Å². The van der Waals surface area contributed by atoms with Gasteiger partial charge < -0.3 is 30.6 Å².